The lowest BCUT2D eigenvalue weighted by Crippen LogP contribution is -2.54. The van der Waals surface area contributed by atoms with Crippen LogP contribution in [0, 0.1) is 0 Å². The molecule has 4 fully saturated rings. The van der Waals surface area contributed by atoms with Crippen molar-refractivity contribution in [2.45, 2.75) is 57.3 Å². The Bertz CT molecular complexity index is 1480. The zero-order chi connectivity index (χ0) is 27.2. The SMILES string of the molecule is CCN1CCC(n2cc(-c3c[nH]c4ncc(-c5ccc(N6CC7CCC6CO7)c(CN(C)C)c5)nc34)cn2)CC1. The van der Waals surface area contributed by atoms with Gasteiger partial charge < -0.3 is 24.4 Å². The van der Waals surface area contributed by atoms with Crippen LogP contribution in [0.3, 0.4) is 0 Å². The van der Waals surface area contributed by atoms with Gasteiger partial charge in [0.1, 0.15) is 5.52 Å². The maximum Gasteiger partial charge on any atom is 0.156 e. The van der Waals surface area contributed by atoms with Gasteiger partial charge in [-0.15, -0.1) is 0 Å². The summed E-state index contributed by atoms with van der Waals surface area (Å²) in [5.74, 6) is 0. The molecule has 0 saturated carbocycles. The highest BCUT2D eigenvalue weighted by molar-refractivity contribution is 5.91. The highest BCUT2D eigenvalue weighted by Crippen LogP contribution is 2.36. The number of hydrogen-bond donors (Lipinski definition) is 1. The summed E-state index contributed by atoms with van der Waals surface area (Å²) < 4.78 is 8.14. The highest BCUT2D eigenvalue weighted by atomic mass is 16.5. The molecule has 9 heteroatoms. The maximum absolute atomic E-state index is 5.99. The Morgan fingerprint density at radius 1 is 1.05 bits per heavy atom. The van der Waals surface area contributed by atoms with Crippen LogP contribution >= 0.6 is 0 Å². The van der Waals surface area contributed by atoms with E-state index in [0.717, 1.165) is 85.7 Å². The molecule has 1 aromatic carbocycles. The first-order valence-corrected chi connectivity index (χ1v) is 14.8. The van der Waals surface area contributed by atoms with Crippen molar-refractivity contribution in [2.24, 2.45) is 0 Å². The molecule has 3 aromatic heterocycles. The van der Waals surface area contributed by atoms with Crippen LogP contribution in [0.15, 0.2) is 43.0 Å². The largest absolute Gasteiger partial charge is 0.374 e. The highest BCUT2D eigenvalue weighted by Gasteiger charge is 2.35. The van der Waals surface area contributed by atoms with Crippen molar-refractivity contribution >= 4 is 16.9 Å². The molecule has 2 atom stereocenters. The minimum atomic E-state index is 0.352. The van der Waals surface area contributed by atoms with E-state index in [1.165, 1.54) is 24.1 Å². The molecule has 8 rings (SSSR count). The van der Waals surface area contributed by atoms with Crippen molar-refractivity contribution in [1.82, 2.24) is 34.5 Å². The van der Waals surface area contributed by atoms with Gasteiger partial charge in [0.2, 0.25) is 0 Å². The lowest BCUT2D eigenvalue weighted by atomic mass is 9.94. The number of nitrogens with one attached hydrogen (secondary N) is 1. The van der Waals surface area contributed by atoms with Crippen LogP contribution in [-0.2, 0) is 11.3 Å². The fourth-order valence-electron chi connectivity index (χ4n) is 6.77. The van der Waals surface area contributed by atoms with Gasteiger partial charge in [-0.25, -0.2) is 9.97 Å². The van der Waals surface area contributed by atoms with E-state index in [4.69, 9.17) is 19.8 Å². The molecule has 4 saturated heterocycles. The standard InChI is InChI=1S/C31H40N8O/c1-4-37-11-9-24(10-12-37)39-18-23(14-34-39)27-15-32-31-30(27)35-28(16-33-31)21-5-8-29(22(13-21)17-36(2)3)38-19-26-7-6-25(38)20-40-26/h5,8,13-16,18,24-26H,4,6-7,9-12,17,19-20H2,1-3H3,(H,32,33). The van der Waals surface area contributed by atoms with Crippen molar-refractivity contribution in [2.75, 3.05) is 51.8 Å². The Morgan fingerprint density at radius 2 is 1.93 bits per heavy atom. The van der Waals surface area contributed by atoms with Crippen LogP contribution in [0.25, 0.3) is 33.5 Å². The number of anilines is 1. The number of ether oxygens (including phenoxy) is 1. The Hall–Kier alpha value is -3.27. The first-order valence-electron chi connectivity index (χ1n) is 14.8. The average molecular weight is 541 g/mol. The van der Waals surface area contributed by atoms with Crippen LogP contribution in [0.5, 0.6) is 0 Å². The predicted molar refractivity (Wildman–Crippen MR) is 158 cm³/mol. The molecule has 7 heterocycles. The molecule has 0 spiro atoms. The monoisotopic (exact) mass is 540 g/mol. The molecule has 0 amide bonds. The Kier molecular flexibility index (Phi) is 6.81. The zero-order valence-corrected chi connectivity index (χ0v) is 23.9. The normalized spacial score (nSPS) is 22.1. The first kappa shape index (κ1) is 25.7. The molecule has 4 aromatic rings. The second kappa shape index (κ2) is 10.6. The summed E-state index contributed by atoms with van der Waals surface area (Å²) in [5, 5.41) is 4.76. The van der Waals surface area contributed by atoms with Crippen molar-refractivity contribution in [3.63, 3.8) is 0 Å². The van der Waals surface area contributed by atoms with Gasteiger partial charge in [0.05, 0.1) is 42.9 Å². The Morgan fingerprint density at radius 3 is 2.65 bits per heavy atom. The van der Waals surface area contributed by atoms with Gasteiger partial charge in [0.25, 0.3) is 0 Å². The number of nitrogens with zero attached hydrogens (tertiary/aromatic N) is 7. The second-order valence-electron chi connectivity index (χ2n) is 11.9. The van der Waals surface area contributed by atoms with Crippen LogP contribution in [0.2, 0.25) is 0 Å². The summed E-state index contributed by atoms with van der Waals surface area (Å²) in [6.45, 7) is 8.33. The van der Waals surface area contributed by atoms with Crippen molar-refractivity contribution in [1.29, 1.82) is 0 Å². The number of H-pyrrole nitrogens is 1. The molecule has 2 bridgehead atoms. The second-order valence-corrected chi connectivity index (χ2v) is 11.9. The average Bonchev–Trinajstić information content (AvgIpc) is 3.64. The fraction of sp³-hybridized carbons (Fsp3) is 0.516. The zero-order valence-electron chi connectivity index (χ0n) is 23.9. The Labute approximate surface area is 236 Å². The number of aromatic amines is 1. The van der Waals surface area contributed by atoms with Gasteiger partial charge >= 0.3 is 0 Å². The van der Waals surface area contributed by atoms with Crippen molar-refractivity contribution in [3.05, 3.63) is 48.5 Å². The number of fused-ring (bicyclic) bond motifs is 4. The van der Waals surface area contributed by atoms with Gasteiger partial charge in [-0.05, 0) is 64.0 Å². The van der Waals surface area contributed by atoms with Gasteiger partial charge in [0.15, 0.2) is 5.65 Å². The van der Waals surface area contributed by atoms with Gasteiger partial charge in [-0.3, -0.25) is 4.68 Å². The van der Waals surface area contributed by atoms with Crippen LogP contribution in [0.4, 0.5) is 5.69 Å². The summed E-state index contributed by atoms with van der Waals surface area (Å²) in [6, 6.07) is 7.73. The van der Waals surface area contributed by atoms with E-state index < -0.39 is 0 Å². The smallest absolute Gasteiger partial charge is 0.156 e. The number of benzene rings is 1. The molecule has 210 valence electrons. The Balaban J connectivity index is 1.19. The van der Waals surface area contributed by atoms with E-state index in [1.54, 1.807) is 0 Å². The molecule has 1 N–H and O–H groups in total. The third-order valence-corrected chi connectivity index (χ3v) is 9.03. The van der Waals surface area contributed by atoms with Crippen LogP contribution < -0.4 is 4.90 Å². The first-order chi connectivity index (χ1) is 19.6. The fourth-order valence-corrected chi connectivity index (χ4v) is 6.77. The molecule has 40 heavy (non-hydrogen) atoms. The quantitative estimate of drug-likeness (QED) is 0.368. The van der Waals surface area contributed by atoms with E-state index in [0.29, 0.717) is 18.2 Å². The third kappa shape index (κ3) is 4.80. The lowest BCUT2D eigenvalue weighted by Gasteiger charge is -2.47. The molecule has 0 aliphatic carbocycles. The molecular weight excluding hydrogens is 500 g/mol. The van der Waals surface area contributed by atoms with Crippen LogP contribution in [0.1, 0.15) is 44.2 Å². The minimum absolute atomic E-state index is 0.352. The van der Waals surface area contributed by atoms with Gasteiger partial charge in [0, 0.05) is 61.0 Å². The van der Waals surface area contributed by atoms with Crippen molar-refractivity contribution < 1.29 is 4.74 Å². The summed E-state index contributed by atoms with van der Waals surface area (Å²) in [7, 11) is 4.26. The van der Waals surface area contributed by atoms with Crippen molar-refractivity contribution in [3.8, 4) is 22.4 Å². The number of rotatable bonds is 7. The summed E-state index contributed by atoms with van der Waals surface area (Å²) in [4.78, 5) is 20.6. The molecule has 4 aliphatic heterocycles. The summed E-state index contributed by atoms with van der Waals surface area (Å²) in [6.07, 6.45) is 13.1. The van der Waals surface area contributed by atoms with E-state index >= 15 is 0 Å². The molecular formula is C31H40N8O. The van der Waals surface area contributed by atoms with E-state index in [1.807, 2.05) is 18.6 Å². The number of aromatic nitrogens is 5. The van der Waals surface area contributed by atoms with Crippen LogP contribution in [-0.4, -0.2) is 93.6 Å². The topological polar surface area (TPSA) is 78.3 Å². The molecule has 4 aliphatic rings. The number of likely N-dealkylation sites (tertiary alicyclic amines) is 1. The third-order valence-electron chi connectivity index (χ3n) is 9.03. The predicted octanol–water partition coefficient (Wildman–Crippen LogP) is 4.57. The number of morpholine rings is 1. The number of hydrogen-bond acceptors (Lipinski definition) is 7. The molecule has 0 radical (unpaired) electrons. The lowest BCUT2D eigenvalue weighted by molar-refractivity contribution is -0.0226. The molecule has 9 nitrogen and oxygen atoms in total. The maximum atomic E-state index is 5.99. The summed E-state index contributed by atoms with van der Waals surface area (Å²) in [5.41, 5.74) is 8.46. The van der Waals surface area contributed by atoms with Gasteiger partial charge in [-0.1, -0.05) is 13.0 Å². The summed E-state index contributed by atoms with van der Waals surface area (Å²) >= 11 is 0. The van der Waals surface area contributed by atoms with E-state index in [9.17, 15) is 0 Å². The molecule has 2 unspecified atom stereocenters. The van der Waals surface area contributed by atoms with Gasteiger partial charge in [-0.2, -0.15) is 5.10 Å². The number of piperidine rings is 2. The minimum Gasteiger partial charge on any atom is -0.374 e. The van der Waals surface area contributed by atoms with E-state index in [-0.39, 0.29) is 0 Å². The van der Waals surface area contributed by atoms with E-state index in [2.05, 4.69) is 69.8 Å².